The van der Waals surface area contributed by atoms with Crippen LogP contribution in [0.15, 0.2) is 24.5 Å². The lowest BCUT2D eigenvalue weighted by Crippen LogP contribution is -2.64. The van der Waals surface area contributed by atoms with Gasteiger partial charge in [0.25, 0.3) is 0 Å². The number of aromatic nitrogens is 1. The molecule has 1 N–H and O–H groups in total. The van der Waals surface area contributed by atoms with Gasteiger partial charge < -0.3 is 14.9 Å². The first kappa shape index (κ1) is 22.6. The summed E-state index contributed by atoms with van der Waals surface area (Å²) in [7, 11) is 0. The van der Waals surface area contributed by atoms with Crippen molar-refractivity contribution in [1.29, 1.82) is 0 Å². The third-order valence-electron chi connectivity index (χ3n) is 5.10. The van der Waals surface area contributed by atoms with Gasteiger partial charge >= 0.3 is 12.1 Å². The molecule has 1 aromatic rings. The van der Waals surface area contributed by atoms with Crippen LogP contribution in [0.25, 0.3) is 0 Å². The zero-order valence-corrected chi connectivity index (χ0v) is 16.3. The number of rotatable bonds is 3. The van der Waals surface area contributed by atoms with E-state index < -0.39 is 12.1 Å². The molecule has 2 aliphatic rings. The molecular formula is C19H24F3N3O4. The Morgan fingerprint density at radius 3 is 2.28 bits per heavy atom. The molecule has 1 aromatic heterocycles. The van der Waals surface area contributed by atoms with Gasteiger partial charge in [-0.15, -0.1) is 0 Å². The Kier molecular flexibility index (Phi) is 6.86. The molecule has 2 saturated heterocycles. The first-order chi connectivity index (χ1) is 13.5. The summed E-state index contributed by atoms with van der Waals surface area (Å²) in [5.41, 5.74) is 0.855. The second kappa shape index (κ2) is 8.79. The number of carboxylic acid groups (broad SMARTS) is 1. The summed E-state index contributed by atoms with van der Waals surface area (Å²) in [4.78, 5) is 41.4. The van der Waals surface area contributed by atoms with Crippen LogP contribution in [0.1, 0.15) is 32.3 Å². The van der Waals surface area contributed by atoms with E-state index in [4.69, 9.17) is 9.90 Å². The van der Waals surface area contributed by atoms with Gasteiger partial charge in [-0.05, 0) is 24.5 Å². The molecule has 0 unspecified atom stereocenters. The van der Waals surface area contributed by atoms with E-state index in [1.807, 2.05) is 42.0 Å². The number of alkyl halides is 3. The van der Waals surface area contributed by atoms with E-state index >= 15 is 0 Å². The molecule has 10 heteroatoms. The van der Waals surface area contributed by atoms with Crippen LogP contribution in [0.3, 0.4) is 0 Å². The Balaban J connectivity index is 0.000000370. The molecule has 0 saturated carbocycles. The summed E-state index contributed by atoms with van der Waals surface area (Å²) in [6.45, 7) is 6.73. The summed E-state index contributed by atoms with van der Waals surface area (Å²) < 4.78 is 31.7. The molecule has 29 heavy (non-hydrogen) atoms. The van der Waals surface area contributed by atoms with Gasteiger partial charge in [-0.2, -0.15) is 13.2 Å². The van der Waals surface area contributed by atoms with Crippen molar-refractivity contribution in [3.8, 4) is 0 Å². The Morgan fingerprint density at radius 1 is 1.28 bits per heavy atom. The van der Waals surface area contributed by atoms with E-state index in [0.717, 1.165) is 24.9 Å². The van der Waals surface area contributed by atoms with Gasteiger partial charge in [-0.25, -0.2) is 4.79 Å². The van der Waals surface area contributed by atoms with E-state index in [0.29, 0.717) is 19.6 Å². The van der Waals surface area contributed by atoms with Crippen LogP contribution in [-0.2, 0) is 20.9 Å². The summed E-state index contributed by atoms with van der Waals surface area (Å²) in [5.74, 6) is -2.28. The van der Waals surface area contributed by atoms with Crippen LogP contribution in [0, 0.1) is 11.3 Å². The Labute approximate surface area is 166 Å². The predicted octanol–water partition coefficient (Wildman–Crippen LogP) is 2.32. The number of carbonyl (C=O) groups is 3. The fourth-order valence-electron chi connectivity index (χ4n) is 3.48. The SMILES string of the molecule is CC(C)C(=O)N1CCC2(CC1)CN(Cc1cccnc1)C2=O.O=C(O)C(F)(F)F. The van der Waals surface area contributed by atoms with Gasteiger partial charge in [0.15, 0.2) is 0 Å². The third-order valence-corrected chi connectivity index (χ3v) is 5.10. The van der Waals surface area contributed by atoms with Crippen LogP contribution in [0.4, 0.5) is 13.2 Å². The zero-order valence-electron chi connectivity index (χ0n) is 16.3. The normalized spacial score (nSPS) is 18.2. The van der Waals surface area contributed by atoms with E-state index in [1.54, 1.807) is 6.20 Å². The number of hydrogen-bond donors (Lipinski definition) is 1. The molecule has 2 aliphatic heterocycles. The summed E-state index contributed by atoms with van der Waals surface area (Å²) in [6, 6.07) is 3.89. The monoisotopic (exact) mass is 415 g/mol. The predicted molar refractivity (Wildman–Crippen MR) is 96.4 cm³/mol. The Bertz CT molecular complexity index is 745. The lowest BCUT2D eigenvalue weighted by molar-refractivity contribution is -0.192. The molecule has 3 rings (SSSR count). The van der Waals surface area contributed by atoms with Gasteiger partial charge in [0.05, 0.1) is 5.41 Å². The number of β-lactam (4-membered cyclic amide) rings is 1. The minimum atomic E-state index is -5.08. The van der Waals surface area contributed by atoms with E-state index in [9.17, 15) is 22.8 Å². The number of hydrogen-bond acceptors (Lipinski definition) is 4. The quantitative estimate of drug-likeness (QED) is 0.766. The van der Waals surface area contributed by atoms with Gasteiger partial charge in [-0.1, -0.05) is 19.9 Å². The maximum absolute atomic E-state index is 12.6. The van der Waals surface area contributed by atoms with Crippen LogP contribution < -0.4 is 0 Å². The molecule has 0 aliphatic carbocycles. The minimum absolute atomic E-state index is 0.0354. The van der Waals surface area contributed by atoms with Gasteiger partial charge in [-0.3, -0.25) is 14.6 Å². The molecule has 7 nitrogen and oxygen atoms in total. The van der Waals surface area contributed by atoms with Gasteiger partial charge in [0, 0.05) is 44.5 Å². The topological polar surface area (TPSA) is 90.8 Å². The average molecular weight is 415 g/mol. The standard InChI is InChI=1S/C17H23N3O2.C2HF3O2/c1-13(2)15(21)19-8-5-17(6-9-19)12-20(16(17)22)11-14-4-3-7-18-10-14;3-2(4,5)1(6)7/h3-4,7,10,13H,5-6,8-9,11-12H2,1-2H3;(H,6,7). The lowest BCUT2D eigenvalue weighted by Gasteiger charge is -2.52. The van der Waals surface area contributed by atoms with Crippen molar-refractivity contribution in [1.82, 2.24) is 14.8 Å². The molecule has 0 bridgehead atoms. The highest BCUT2D eigenvalue weighted by Crippen LogP contribution is 2.42. The van der Waals surface area contributed by atoms with Gasteiger partial charge in [0.2, 0.25) is 11.8 Å². The number of carbonyl (C=O) groups excluding carboxylic acids is 2. The average Bonchev–Trinajstić information content (AvgIpc) is 2.68. The number of aliphatic carboxylic acids is 1. The third kappa shape index (κ3) is 5.45. The highest BCUT2D eigenvalue weighted by molar-refractivity contribution is 5.89. The second-order valence-electron chi connectivity index (χ2n) is 7.59. The molecule has 0 aromatic carbocycles. The first-order valence-electron chi connectivity index (χ1n) is 9.23. The Hall–Kier alpha value is -2.65. The lowest BCUT2D eigenvalue weighted by atomic mass is 9.71. The second-order valence-corrected chi connectivity index (χ2v) is 7.59. The molecule has 160 valence electrons. The number of piperidine rings is 1. The molecule has 0 atom stereocenters. The highest BCUT2D eigenvalue weighted by Gasteiger charge is 2.53. The smallest absolute Gasteiger partial charge is 0.475 e. The summed E-state index contributed by atoms with van der Waals surface area (Å²) in [5, 5.41) is 7.12. The van der Waals surface area contributed by atoms with Gasteiger partial charge in [0.1, 0.15) is 0 Å². The molecule has 0 radical (unpaired) electrons. The number of halogens is 3. The Morgan fingerprint density at radius 2 is 1.86 bits per heavy atom. The van der Waals surface area contributed by atoms with Crippen LogP contribution >= 0.6 is 0 Å². The fraction of sp³-hybridized carbons (Fsp3) is 0.579. The van der Waals surface area contributed by atoms with Crippen molar-refractivity contribution in [2.24, 2.45) is 11.3 Å². The largest absolute Gasteiger partial charge is 0.490 e. The number of nitrogens with zero attached hydrogens (tertiary/aromatic N) is 3. The van der Waals surface area contributed by atoms with Crippen molar-refractivity contribution in [2.75, 3.05) is 19.6 Å². The summed E-state index contributed by atoms with van der Waals surface area (Å²) in [6.07, 6.45) is 0.0637. The van der Waals surface area contributed by atoms with Crippen LogP contribution in [0.2, 0.25) is 0 Å². The van der Waals surface area contributed by atoms with Crippen LogP contribution in [-0.4, -0.2) is 63.5 Å². The van der Waals surface area contributed by atoms with E-state index in [-0.39, 0.29) is 23.1 Å². The minimum Gasteiger partial charge on any atom is -0.475 e. The molecule has 2 fully saturated rings. The number of pyridine rings is 1. The molecule has 3 heterocycles. The van der Waals surface area contributed by atoms with Crippen molar-refractivity contribution >= 4 is 17.8 Å². The van der Waals surface area contributed by atoms with E-state index in [1.165, 1.54) is 0 Å². The van der Waals surface area contributed by atoms with Crippen molar-refractivity contribution < 1.29 is 32.7 Å². The maximum Gasteiger partial charge on any atom is 0.490 e. The molecule has 2 amide bonds. The van der Waals surface area contributed by atoms with E-state index in [2.05, 4.69) is 4.98 Å². The van der Waals surface area contributed by atoms with Crippen LogP contribution in [0.5, 0.6) is 0 Å². The maximum atomic E-state index is 12.6. The number of amides is 2. The molecule has 1 spiro atoms. The molecular weight excluding hydrogens is 391 g/mol. The number of carboxylic acids is 1. The van der Waals surface area contributed by atoms with Crippen molar-refractivity contribution in [3.63, 3.8) is 0 Å². The zero-order chi connectivity index (χ0) is 21.8. The fourth-order valence-corrected chi connectivity index (χ4v) is 3.48. The number of likely N-dealkylation sites (tertiary alicyclic amines) is 2. The van der Waals surface area contributed by atoms with Crippen molar-refractivity contribution in [2.45, 2.75) is 39.4 Å². The first-order valence-corrected chi connectivity index (χ1v) is 9.23. The highest BCUT2D eigenvalue weighted by atomic mass is 19.4. The summed E-state index contributed by atoms with van der Waals surface area (Å²) >= 11 is 0. The van der Waals surface area contributed by atoms with Crippen molar-refractivity contribution in [3.05, 3.63) is 30.1 Å².